The number of halogens is 2. The monoisotopic (exact) mass is 330 g/mol. The minimum Gasteiger partial charge on any atom is -0.472 e. The van der Waals surface area contributed by atoms with E-state index in [-0.39, 0.29) is 12.2 Å². The van der Waals surface area contributed by atoms with Gasteiger partial charge < -0.3 is 15.1 Å². The molecule has 6 nitrogen and oxygen atoms in total. The molecule has 1 aromatic heterocycles. The lowest BCUT2D eigenvalue weighted by Crippen LogP contribution is -2.29. The number of furan rings is 1. The van der Waals surface area contributed by atoms with Gasteiger partial charge in [0.05, 0.1) is 23.1 Å². The molecule has 2 rings (SSSR count). The molecule has 0 radical (unpaired) electrons. The standard InChI is InChI=1S/C13H12F2N2O4S/c14-12(15)22(19,20)11-4-2-1-3-10(11)17-13(18)16-7-9-5-6-21-8-9/h1-6,8,12H,7H2,(H2,16,17,18). The van der Waals surface area contributed by atoms with Crippen LogP contribution in [0.5, 0.6) is 0 Å². The van der Waals surface area contributed by atoms with Crippen molar-refractivity contribution in [1.29, 1.82) is 0 Å². The van der Waals surface area contributed by atoms with Crippen molar-refractivity contribution in [3.05, 3.63) is 48.4 Å². The number of benzene rings is 1. The van der Waals surface area contributed by atoms with Crippen LogP contribution in [0.1, 0.15) is 5.56 Å². The van der Waals surface area contributed by atoms with E-state index in [1.165, 1.54) is 30.7 Å². The second-order valence-corrected chi connectivity index (χ2v) is 6.13. The average Bonchev–Trinajstić information content (AvgIpc) is 2.98. The van der Waals surface area contributed by atoms with Crippen molar-refractivity contribution >= 4 is 21.6 Å². The zero-order valence-electron chi connectivity index (χ0n) is 11.1. The molecule has 0 atom stereocenters. The Morgan fingerprint density at radius 1 is 1.23 bits per heavy atom. The van der Waals surface area contributed by atoms with Gasteiger partial charge in [0.15, 0.2) is 0 Å². The van der Waals surface area contributed by atoms with E-state index in [9.17, 15) is 22.0 Å². The number of hydrogen-bond donors (Lipinski definition) is 2. The number of carbonyl (C=O) groups excluding carboxylic acids is 1. The number of rotatable bonds is 5. The van der Waals surface area contributed by atoms with Crippen molar-refractivity contribution in [3.8, 4) is 0 Å². The summed E-state index contributed by atoms with van der Waals surface area (Å²) in [7, 11) is -4.80. The molecule has 22 heavy (non-hydrogen) atoms. The van der Waals surface area contributed by atoms with E-state index in [2.05, 4.69) is 10.6 Å². The first-order chi connectivity index (χ1) is 10.4. The number of amides is 2. The molecule has 1 heterocycles. The van der Waals surface area contributed by atoms with Crippen LogP contribution in [-0.4, -0.2) is 20.2 Å². The molecular weight excluding hydrogens is 318 g/mol. The summed E-state index contributed by atoms with van der Waals surface area (Å²) in [5.41, 5.74) is 0.483. The zero-order valence-corrected chi connectivity index (χ0v) is 11.9. The van der Waals surface area contributed by atoms with Gasteiger partial charge in [-0.05, 0) is 18.2 Å². The quantitative estimate of drug-likeness (QED) is 0.882. The van der Waals surface area contributed by atoms with Crippen molar-refractivity contribution < 1.29 is 26.4 Å². The second kappa shape index (κ2) is 6.56. The number of para-hydroxylation sites is 1. The highest BCUT2D eigenvalue weighted by Gasteiger charge is 2.29. The summed E-state index contributed by atoms with van der Waals surface area (Å²) in [6.45, 7) is 0.145. The van der Waals surface area contributed by atoms with Gasteiger partial charge in [-0.25, -0.2) is 13.2 Å². The molecule has 9 heteroatoms. The van der Waals surface area contributed by atoms with E-state index in [4.69, 9.17) is 4.42 Å². The number of sulfone groups is 1. The molecule has 2 N–H and O–H groups in total. The summed E-state index contributed by atoms with van der Waals surface area (Å²) in [6.07, 6.45) is 2.86. The van der Waals surface area contributed by atoms with Crippen molar-refractivity contribution in [2.75, 3.05) is 5.32 Å². The van der Waals surface area contributed by atoms with Gasteiger partial charge >= 0.3 is 11.8 Å². The summed E-state index contributed by atoms with van der Waals surface area (Å²) < 4.78 is 53.2. The number of carbonyl (C=O) groups is 1. The fourth-order valence-electron chi connectivity index (χ4n) is 1.66. The molecule has 2 aromatic rings. The Bertz CT molecular complexity index is 745. The predicted molar refractivity (Wildman–Crippen MR) is 74.2 cm³/mol. The first kappa shape index (κ1) is 16.0. The lowest BCUT2D eigenvalue weighted by atomic mass is 10.3. The molecule has 118 valence electrons. The van der Waals surface area contributed by atoms with Gasteiger partial charge in [0.1, 0.15) is 0 Å². The SMILES string of the molecule is O=C(NCc1ccoc1)Nc1ccccc1S(=O)(=O)C(F)F. The van der Waals surface area contributed by atoms with Crippen LogP contribution >= 0.6 is 0 Å². The van der Waals surface area contributed by atoms with Crippen LogP contribution in [0.25, 0.3) is 0 Å². The normalized spacial score (nSPS) is 11.4. The maximum atomic E-state index is 12.6. The third-order valence-corrected chi connectivity index (χ3v) is 4.15. The Balaban J connectivity index is 2.11. The third kappa shape index (κ3) is 3.61. The van der Waals surface area contributed by atoms with Crippen LogP contribution in [0.2, 0.25) is 0 Å². The summed E-state index contributed by atoms with van der Waals surface area (Å²) in [6, 6.07) is 5.87. The van der Waals surface area contributed by atoms with E-state index in [0.29, 0.717) is 5.56 Å². The van der Waals surface area contributed by atoms with Crippen molar-refractivity contribution in [3.63, 3.8) is 0 Å². The van der Waals surface area contributed by atoms with Gasteiger partial charge in [0.2, 0.25) is 9.84 Å². The molecule has 0 saturated heterocycles. The van der Waals surface area contributed by atoms with Gasteiger partial charge in [0.25, 0.3) is 0 Å². The van der Waals surface area contributed by atoms with Crippen LogP contribution in [0, 0.1) is 0 Å². The van der Waals surface area contributed by atoms with Gasteiger partial charge in [-0.2, -0.15) is 8.78 Å². The van der Waals surface area contributed by atoms with Gasteiger partial charge in [-0.1, -0.05) is 12.1 Å². The summed E-state index contributed by atoms with van der Waals surface area (Å²) in [5.74, 6) is -3.57. The lowest BCUT2D eigenvalue weighted by molar-refractivity contribution is 0.234. The molecular formula is C13H12F2N2O4S. The summed E-state index contributed by atoms with van der Waals surface area (Å²) >= 11 is 0. The number of anilines is 1. The Labute approximate surface area is 125 Å². The first-order valence-electron chi connectivity index (χ1n) is 6.08. The third-order valence-electron chi connectivity index (χ3n) is 2.71. The van der Waals surface area contributed by atoms with Crippen molar-refractivity contribution in [2.45, 2.75) is 17.2 Å². The van der Waals surface area contributed by atoms with Crippen molar-refractivity contribution in [1.82, 2.24) is 5.32 Å². The molecule has 0 fully saturated rings. The van der Waals surface area contributed by atoms with Crippen molar-refractivity contribution in [2.24, 2.45) is 0 Å². The van der Waals surface area contributed by atoms with E-state index in [0.717, 1.165) is 6.07 Å². The smallest absolute Gasteiger partial charge is 0.341 e. The largest absolute Gasteiger partial charge is 0.472 e. The van der Waals surface area contributed by atoms with E-state index < -0.39 is 26.5 Å². The molecule has 0 aliphatic carbocycles. The highest BCUT2D eigenvalue weighted by molar-refractivity contribution is 7.91. The minimum atomic E-state index is -4.80. The van der Waals surface area contributed by atoms with Gasteiger partial charge in [-0.3, -0.25) is 0 Å². The highest BCUT2D eigenvalue weighted by atomic mass is 32.2. The number of urea groups is 1. The van der Waals surface area contributed by atoms with Crippen LogP contribution in [0.4, 0.5) is 19.3 Å². The maximum Gasteiger partial charge on any atom is 0.341 e. The Morgan fingerprint density at radius 3 is 2.59 bits per heavy atom. The Kier molecular flexibility index (Phi) is 4.76. The highest BCUT2D eigenvalue weighted by Crippen LogP contribution is 2.25. The fraction of sp³-hybridized carbons (Fsp3) is 0.154. The average molecular weight is 330 g/mol. The van der Waals surface area contributed by atoms with Crippen LogP contribution in [0.15, 0.2) is 52.2 Å². The molecule has 1 aromatic carbocycles. The fourth-order valence-corrected chi connectivity index (χ4v) is 2.54. The molecule has 0 aliphatic heterocycles. The van der Waals surface area contributed by atoms with E-state index in [1.54, 1.807) is 6.07 Å². The molecule has 0 unspecified atom stereocenters. The summed E-state index contributed by atoms with van der Waals surface area (Å²) in [4.78, 5) is 11.1. The summed E-state index contributed by atoms with van der Waals surface area (Å²) in [5, 5.41) is 4.69. The molecule has 0 spiro atoms. The first-order valence-corrected chi connectivity index (χ1v) is 7.63. The molecule has 2 amide bonds. The number of hydrogen-bond acceptors (Lipinski definition) is 4. The maximum absolute atomic E-state index is 12.6. The molecule has 0 aliphatic rings. The zero-order chi connectivity index (χ0) is 16.2. The van der Waals surface area contributed by atoms with Gasteiger partial charge in [0, 0.05) is 12.1 Å². The molecule has 0 saturated carbocycles. The number of alkyl halides is 2. The van der Waals surface area contributed by atoms with Crippen LogP contribution in [-0.2, 0) is 16.4 Å². The minimum absolute atomic E-state index is 0.145. The lowest BCUT2D eigenvalue weighted by Gasteiger charge is -2.11. The predicted octanol–water partition coefficient (Wildman–Crippen LogP) is 2.60. The molecule has 0 bridgehead atoms. The topological polar surface area (TPSA) is 88.4 Å². The van der Waals surface area contributed by atoms with E-state index >= 15 is 0 Å². The number of nitrogens with one attached hydrogen (secondary N) is 2. The Morgan fingerprint density at radius 2 is 1.95 bits per heavy atom. The van der Waals surface area contributed by atoms with Crippen LogP contribution in [0.3, 0.4) is 0 Å². The Hall–Kier alpha value is -2.42. The van der Waals surface area contributed by atoms with Crippen LogP contribution < -0.4 is 10.6 Å². The second-order valence-electron chi connectivity index (χ2n) is 4.24. The van der Waals surface area contributed by atoms with Gasteiger partial charge in [-0.15, -0.1) is 0 Å². The van der Waals surface area contributed by atoms with E-state index in [1.807, 2.05) is 0 Å².